The summed E-state index contributed by atoms with van der Waals surface area (Å²) in [6, 6.07) is 0. The predicted molar refractivity (Wildman–Crippen MR) is 51.0 cm³/mol. The molecular formula is C10H14O2S. The third-order valence-electron chi connectivity index (χ3n) is 4.28. The van der Waals surface area contributed by atoms with Crippen molar-refractivity contribution < 1.29 is 8.42 Å². The Hall–Kier alpha value is -0.310. The van der Waals surface area contributed by atoms with E-state index in [2.05, 4.69) is 12.2 Å². The van der Waals surface area contributed by atoms with Crippen molar-refractivity contribution >= 4 is 9.84 Å². The first-order chi connectivity index (χ1) is 5.96. The van der Waals surface area contributed by atoms with Gasteiger partial charge in [-0.15, -0.1) is 0 Å². The SMILES string of the molecule is CC1(C)C2C3C=CC(C3)C2S1(=O)=O. The van der Waals surface area contributed by atoms with Crippen molar-refractivity contribution in [3.8, 4) is 0 Å². The van der Waals surface area contributed by atoms with Crippen LogP contribution in [0.5, 0.6) is 0 Å². The van der Waals surface area contributed by atoms with Crippen LogP contribution >= 0.6 is 0 Å². The van der Waals surface area contributed by atoms with Crippen LogP contribution < -0.4 is 0 Å². The van der Waals surface area contributed by atoms with Crippen LogP contribution in [0, 0.1) is 17.8 Å². The molecule has 72 valence electrons. The zero-order valence-corrected chi connectivity index (χ0v) is 8.71. The molecular weight excluding hydrogens is 184 g/mol. The Morgan fingerprint density at radius 1 is 1.23 bits per heavy atom. The van der Waals surface area contributed by atoms with Gasteiger partial charge in [0.15, 0.2) is 9.84 Å². The van der Waals surface area contributed by atoms with Gasteiger partial charge in [-0.2, -0.15) is 0 Å². The fourth-order valence-electron chi connectivity index (χ4n) is 3.58. The third kappa shape index (κ3) is 0.632. The molecule has 3 heteroatoms. The minimum atomic E-state index is -2.82. The van der Waals surface area contributed by atoms with E-state index in [1.54, 1.807) is 0 Å². The number of sulfone groups is 1. The molecule has 0 aromatic carbocycles. The molecule has 0 spiro atoms. The summed E-state index contributed by atoms with van der Waals surface area (Å²) in [6.07, 6.45) is 5.42. The molecule has 2 aliphatic carbocycles. The van der Waals surface area contributed by atoms with Crippen LogP contribution in [-0.4, -0.2) is 18.4 Å². The van der Waals surface area contributed by atoms with E-state index < -0.39 is 14.6 Å². The highest BCUT2D eigenvalue weighted by Gasteiger charge is 2.69. The van der Waals surface area contributed by atoms with Gasteiger partial charge in [0.25, 0.3) is 0 Å². The fourth-order valence-corrected chi connectivity index (χ4v) is 6.35. The Labute approximate surface area is 78.9 Å². The van der Waals surface area contributed by atoms with Gasteiger partial charge in [-0.25, -0.2) is 8.42 Å². The molecule has 3 aliphatic rings. The van der Waals surface area contributed by atoms with Gasteiger partial charge in [0.05, 0.1) is 10.00 Å². The molecule has 0 N–H and O–H groups in total. The second-order valence-corrected chi connectivity index (χ2v) is 7.77. The Balaban J connectivity index is 2.15. The minimum Gasteiger partial charge on any atom is -0.228 e. The Kier molecular flexibility index (Phi) is 1.16. The van der Waals surface area contributed by atoms with E-state index in [1.807, 2.05) is 13.8 Å². The quantitative estimate of drug-likeness (QED) is 0.551. The largest absolute Gasteiger partial charge is 0.228 e. The summed E-state index contributed by atoms with van der Waals surface area (Å²) in [5, 5.41) is -0.0301. The Morgan fingerprint density at radius 3 is 2.46 bits per heavy atom. The van der Waals surface area contributed by atoms with Crippen LogP contribution in [0.2, 0.25) is 0 Å². The summed E-state index contributed by atoms with van der Waals surface area (Å²) in [7, 11) is -2.82. The maximum absolute atomic E-state index is 11.9. The lowest BCUT2D eigenvalue weighted by molar-refractivity contribution is 0.290. The van der Waals surface area contributed by atoms with E-state index in [4.69, 9.17) is 0 Å². The van der Waals surface area contributed by atoms with E-state index in [1.165, 1.54) is 0 Å². The van der Waals surface area contributed by atoms with E-state index in [9.17, 15) is 8.42 Å². The fraction of sp³-hybridized carbons (Fsp3) is 0.800. The molecule has 0 amide bonds. The summed E-state index contributed by atoms with van der Waals surface area (Å²) in [5.41, 5.74) is 0. The van der Waals surface area contributed by atoms with Gasteiger partial charge in [-0.3, -0.25) is 0 Å². The van der Waals surface area contributed by atoms with E-state index in [0.717, 1.165) is 6.42 Å². The van der Waals surface area contributed by atoms with E-state index >= 15 is 0 Å². The van der Waals surface area contributed by atoms with Crippen LogP contribution in [0.15, 0.2) is 12.2 Å². The minimum absolute atomic E-state index is 0.0301. The molecule has 0 radical (unpaired) electrons. The lowest BCUT2D eigenvalue weighted by atomic mass is 9.81. The molecule has 1 heterocycles. The van der Waals surface area contributed by atoms with Crippen molar-refractivity contribution in [2.45, 2.75) is 30.3 Å². The van der Waals surface area contributed by atoms with Crippen LogP contribution in [0.4, 0.5) is 0 Å². The zero-order valence-electron chi connectivity index (χ0n) is 7.90. The molecule has 2 nitrogen and oxygen atoms in total. The van der Waals surface area contributed by atoms with Crippen molar-refractivity contribution in [2.75, 3.05) is 0 Å². The monoisotopic (exact) mass is 198 g/mol. The average Bonchev–Trinajstić information content (AvgIpc) is 2.60. The van der Waals surface area contributed by atoms with Gasteiger partial charge in [0.1, 0.15) is 0 Å². The van der Waals surface area contributed by atoms with Crippen molar-refractivity contribution in [1.82, 2.24) is 0 Å². The van der Waals surface area contributed by atoms with Gasteiger partial charge in [-0.05, 0) is 32.1 Å². The van der Waals surface area contributed by atoms with Gasteiger partial charge >= 0.3 is 0 Å². The van der Waals surface area contributed by atoms with Crippen LogP contribution in [0.25, 0.3) is 0 Å². The van der Waals surface area contributed by atoms with Crippen molar-refractivity contribution in [3.63, 3.8) is 0 Å². The summed E-state index contributed by atoms with van der Waals surface area (Å²) in [6.45, 7) is 3.77. The third-order valence-corrected chi connectivity index (χ3v) is 7.38. The van der Waals surface area contributed by atoms with Crippen LogP contribution in [0.3, 0.4) is 0 Å². The van der Waals surface area contributed by atoms with Gasteiger partial charge in [-0.1, -0.05) is 12.2 Å². The van der Waals surface area contributed by atoms with Gasteiger partial charge < -0.3 is 0 Å². The molecule has 0 aromatic heterocycles. The number of hydrogen-bond donors (Lipinski definition) is 0. The maximum Gasteiger partial charge on any atom is 0.159 e. The predicted octanol–water partition coefficient (Wildman–Crippen LogP) is 1.38. The van der Waals surface area contributed by atoms with E-state index in [0.29, 0.717) is 17.8 Å². The normalized spacial score (nSPS) is 53.1. The lowest BCUT2D eigenvalue weighted by Crippen LogP contribution is -2.63. The molecule has 1 saturated heterocycles. The number of hydrogen-bond acceptors (Lipinski definition) is 2. The van der Waals surface area contributed by atoms with Gasteiger partial charge in [0.2, 0.25) is 0 Å². The number of allylic oxidation sites excluding steroid dienone is 2. The summed E-state index contributed by atoms with van der Waals surface area (Å²) in [5.74, 6) is 1.30. The first-order valence-corrected chi connectivity index (χ1v) is 6.42. The van der Waals surface area contributed by atoms with Crippen molar-refractivity contribution in [2.24, 2.45) is 17.8 Å². The Bertz CT molecular complexity index is 391. The zero-order chi connectivity index (χ0) is 9.43. The highest BCUT2D eigenvalue weighted by atomic mass is 32.2. The van der Waals surface area contributed by atoms with Crippen LogP contribution in [-0.2, 0) is 9.84 Å². The summed E-state index contributed by atoms with van der Waals surface area (Å²) >= 11 is 0. The standard InChI is InChI=1S/C10H14O2S/c1-10(2)8-6-3-4-7(5-6)9(8)13(10,11)12/h3-4,6-9H,5H2,1-2H3. The lowest BCUT2D eigenvalue weighted by Gasteiger charge is -2.51. The van der Waals surface area contributed by atoms with Crippen molar-refractivity contribution in [1.29, 1.82) is 0 Å². The number of rotatable bonds is 0. The van der Waals surface area contributed by atoms with Crippen LogP contribution in [0.1, 0.15) is 20.3 Å². The second-order valence-electron chi connectivity index (χ2n) is 5.09. The molecule has 13 heavy (non-hydrogen) atoms. The number of fused-ring (bicyclic) bond motifs is 5. The molecule has 1 saturated carbocycles. The van der Waals surface area contributed by atoms with E-state index in [-0.39, 0.29) is 5.25 Å². The highest BCUT2D eigenvalue weighted by molar-refractivity contribution is 7.95. The molecule has 4 atom stereocenters. The first-order valence-electron chi connectivity index (χ1n) is 4.88. The Morgan fingerprint density at radius 2 is 1.85 bits per heavy atom. The molecule has 2 fully saturated rings. The average molecular weight is 198 g/mol. The molecule has 3 rings (SSSR count). The maximum atomic E-state index is 11.9. The first kappa shape index (κ1) is 8.04. The molecule has 1 aliphatic heterocycles. The van der Waals surface area contributed by atoms with Gasteiger partial charge in [0, 0.05) is 5.92 Å². The summed E-state index contributed by atoms with van der Waals surface area (Å²) in [4.78, 5) is 0. The molecule has 2 bridgehead atoms. The summed E-state index contributed by atoms with van der Waals surface area (Å²) < 4.78 is 23.4. The molecule has 4 unspecified atom stereocenters. The smallest absolute Gasteiger partial charge is 0.159 e. The highest BCUT2D eigenvalue weighted by Crippen LogP contribution is 2.61. The topological polar surface area (TPSA) is 34.1 Å². The van der Waals surface area contributed by atoms with Crippen molar-refractivity contribution in [3.05, 3.63) is 12.2 Å². The second kappa shape index (κ2) is 1.88. The molecule has 0 aromatic rings.